The fourth-order valence-corrected chi connectivity index (χ4v) is 7.39. The van der Waals surface area contributed by atoms with Crippen LogP contribution in [0.5, 0.6) is 0 Å². The summed E-state index contributed by atoms with van der Waals surface area (Å²) in [5.74, 6) is 1.42. The number of benzene rings is 8. The largest absolute Gasteiger partial charge is 0.456 e. The predicted octanol–water partition coefficient (Wildman–Crippen LogP) is 12.2. The number of nitrogens with zero attached hydrogens (tertiary/aromatic N) is 2. The summed E-state index contributed by atoms with van der Waals surface area (Å²) in [4.78, 5) is 10.7. The van der Waals surface area contributed by atoms with Crippen LogP contribution in [-0.2, 0) is 0 Å². The summed E-state index contributed by atoms with van der Waals surface area (Å²) >= 11 is 0. The molecule has 1 atom stereocenters. The number of amidine groups is 2. The van der Waals surface area contributed by atoms with Crippen molar-refractivity contribution >= 4 is 44.4 Å². The van der Waals surface area contributed by atoms with Gasteiger partial charge in [-0.2, -0.15) is 0 Å². The molecule has 4 nitrogen and oxygen atoms in total. The molecule has 0 radical (unpaired) electrons. The van der Waals surface area contributed by atoms with Crippen LogP contribution in [0.15, 0.2) is 202 Å². The standard InChI is InChI=1S/C49H33N3O/c1-3-11-32(12-4-1)35-19-24-37(25-20-35)47-50-48(38-26-21-36(22-27-38)33-13-5-2-6-14-33)52-49(51-47)43-30-41(40-28-23-34-15-7-8-16-39(34)29-40)31-45-46(43)42-17-9-10-18-44(42)53-45/h1-31,47H,(H,50,51,52). The Balaban J connectivity index is 1.15. The fourth-order valence-electron chi connectivity index (χ4n) is 7.39. The molecule has 53 heavy (non-hydrogen) atoms. The number of furan rings is 1. The van der Waals surface area contributed by atoms with E-state index in [4.69, 9.17) is 14.4 Å². The first-order valence-corrected chi connectivity index (χ1v) is 17.9. The monoisotopic (exact) mass is 679 g/mol. The topological polar surface area (TPSA) is 49.9 Å². The van der Waals surface area contributed by atoms with Gasteiger partial charge in [0.2, 0.25) is 0 Å². The molecule has 1 N–H and O–H groups in total. The second-order valence-electron chi connectivity index (χ2n) is 13.4. The number of hydrogen-bond donors (Lipinski definition) is 1. The van der Waals surface area contributed by atoms with Gasteiger partial charge in [-0.3, -0.25) is 0 Å². The van der Waals surface area contributed by atoms with Crippen LogP contribution in [-0.4, -0.2) is 11.7 Å². The Bertz CT molecular complexity index is 2830. The maximum Gasteiger partial charge on any atom is 0.160 e. The molecule has 8 aromatic carbocycles. The van der Waals surface area contributed by atoms with Crippen LogP contribution in [0.25, 0.3) is 66.1 Å². The Hall–Kier alpha value is -7.04. The number of aliphatic imine (C=N–C) groups is 2. The second kappa shape index (κ2) is 12.9. The molecule has 0 fully saturated rings. The zero-order valence-corrected chi connectivity index (χ0v) is 28.8. The summed E-state index contributed by atoms with van der Waals surface area (Å²) in [5, 5.41) is 8.13. The van der Waals surface area contributed by atoms with E-state index in [-0.39, 0.29) is 6.17 Å². The lowest BCUT2D eigenvalue weighted by atomic mass is 9.96. The second-order valence-corrected chi connectivity index (χ2v) is 13.4. The van der Waals surface area contributed by atoms with E-state index >= 15 is 0 Å². The van der Waals surface area contributed by atoms with Gasteiger partial charge in [-0.25, -0.2) is 9.98 Å². The van der Waals surface area contributed by atoms with Gasteiger partial charge in [0.05, 0.1) is 0 Å². The summed E-state index contributed by atoms with van der Waals surface area (Å²) in [5.41, 5.74) is 11.4. The molecule has 1 aromatic heterocycles. The Morgan fingerprint density at radius 3 is 1.75 bits per heavy atom. The van der Waals surface area contributed by atoms with Gasteiger partial charge in [0.1, 0.15) is 23.2 Å². The Morgan fingerprint density at radius 1 is 0.434 bits per heavy atom. The van der Waals surface area contributed by atoms with Gasteiger partial charge in [-0.1, -0.05) is 164 Å². The zero-order valence-electron chi connectivity index (χ0n) is 28.8. The number of rotatable bonds is 6. The van der Waals surface area contributed by atoms with Crippen molar-refractivity contribution in [2.45, 2.75) is 6.17 Å². The van der Waals surface area contributed by atoms with Gasteiger partial charge in [0.15, 0.2) is 5.84 Å². The molecule has 9 aromatic rings. The highest BCUT2D eigenvalue weighted by molar-refractivity contribution is 6.22. The van der Waals surface area contributed by atoms with Crippen LogP contribution in [0.2, 0.25) is 0 Å². The first kappa shape index (κ1) is 30.8. The fraction of sp³-hybridized carbons (Fsp3) is 0.0204. The SMILES string of the molecule is c1ccc(-c2ccc(C3=NC(c4cc(-c5ccc6ccccc6c5)cc5oc6ccccc6c45)=NC(c4ccc(-c5ccccc5)cc4)N3)cc2)cc1. The molecule has 0 saturated heterocycles. The van der Waals surface area contributed by atoms with Crippen molar-refractivity contribution in [3.63, 3.8) is 0 Å². The molecule has 0 aliphatic carbocycles. The Kier molecular flexibility index (Phi) is 7.51. The molecular formula is C49H33N3O. The van der Waals surface area contributed by atoms with Crippen molar-refractivity contribution in [3.8, 4) is 33.4 Å². The van der Waals surface area contributed by atoms with E-state index < -0.39 is 0 Å². The van der Waals surface area contributed by atoms with Crippen LogP contribution in [0.3, 0.4) is 0 Å². The van der Waals surface area contributed by atoms with Gasteiger partial charge in [-0.05, 0) is 74.0 Å². The molecule has 0 amide bonds. The van der Waals surface area contributed by atoms with Crippen molar-refractivity contribution in [2.75, 3.05) is 0 Å². The molecule has 0 bridgehead atoms. The minimum Gasteiger partial charge on any atom is -0.456 e. The van der Waals surface area contributed by atoms with E-state index in [1.807, 2.05) is 24.3 Å². The highest BCUT2D eigenvalue weighted by atomic mass is 16.3. The maximum atomic E-state index is 6.55. The zero-order chi connectivity index (χ0) is 35.1. The highest BCUT2D eigenvalue weighted by Crippen LogP contribution is 2.38. The molecule has 4 heteroatoms. The van der Waals surface area contributed by atoms with Gasteiger partial charge < -0.3 is 9.73 Å². The normalized spacial score (nSPS) is 14.2. The minimum atomic E-state index is -0.367. The minimum absolute atomic E-state index is 0.367. The quantitative estimate of drug-likeness (QED) is 0.190. The smallest absolute Gasteiger partial charge is 0.160 e. The summed E-state index contributed by atoms with van der Waals surface area (Å²) in [6, 6.07) is 65.8. The molecule has 1 aliphatic rings. The van der Waals surface area contributed by atoms with Crippen LogP contribution >= 0.6 is 0 Å². The van der Waals surface area contributed by atoms with Crippen molar-refractivity contribution in [3.05, 3.63) is 205 Å². The molecule has 0 spiro atoms. The van der Waals surface area contributed by atoms with Crippen molar-refractivity contribution in [1.29, 1.82) is 0 Å². The van der Waals surface area contributed by atoms with E-state index in [0.717, 1.165) is 66.7 Å². The van der Waals surface area contributed by atoms with E-state index in [2.05, 4.69) is 169 Å². The lowest BCUT2D eigenvalue weighted by Gasteiger charge is -2.24. The first-order valence-electron chi connectivity index (χ1n) is 17.9. The third-order valence-corrected chi connectivity index (χ3v) is 10.1. The Morgan fingerprint density at radius 2 is 1.02 bits per heavy atom. The summed E-state index contributed by atoms with van der Waals surface area (Å²) < 4.78 is 6.55. The maximum absolute atomic E-state index is 6.55. The molecule has 0 saturated carbocycles. The number of fused-ring (bicyclic) bond motifs is 4. The van der Waals surface area contributed by atoms with Gasteiger partial charge in [0, 0.05) is 21.9 Å². The van der Waals surface area contributed by atoms with Crippen molar-refractivity contribution < 1.29 is 4.42 Å². The van der Waals surface area contributed by atoms with Crippen LogP contribution in [0.4, 0.5) is 0 Å². The van der Waals surface area contributed by atoms with Gasteiger partial charge in [-0.15, -0.1) is 0 Å². The number of para-hydroxylation sites is 1. The number of nitrogens with one attached hydrogen (secondary N) is 1. The third-order valence-electron chi connectivity index (χ3n) is 10.1. The van der Waals surface area contributed by atoms with Crippen LogP contribution < -0.4 is 5.32 Å². The summed E-state index contributed by atoms with van der Waals surface area (Å²) in [7, 11) is 0. The predicted molar refractivity (Wildman–Crippen MR) is 219 cm³/mol. The van der Waals surface area contributed by atoms with E-state index in [9.17, 15) is 0 Å². The lowest BCUT2D eigenvalue weighted by molar-refractivity contribution is 0.668. The molecule has 10 rings (SSSR count). The van der Waals surface area contributed by atoms with Gasteiger partial charge in [0.25, 0.3) is 0 Å². The molecule has 1 unspecified atom stereocenters. The van der Waals surface area contributed by atoms with E-state index in [0.29, 0.717) is 5.84 Å². The molecule has 1 aliphatic heterocycles. The molecular weight excluding hydrogens is 647 g/mol. The van der Waals surface area contributed by atoms with E-state index in [1.165, 1.54) is 21.9 Å². The lowest BCUT2D eigenvalue weighted by Crippen LogP contribution is -2.33. The van der Waals surface area contributed by atoms with Gasteiger partial charge >= 0.3 is 0 Å². The average Bonchev–Trinajstić information content (AvgIpc) is 3.62. The van der Waals surface area contributed by atoms with E-state index in [1.54, 1.807) is 0 Å². The first-order chi connectivity index (χ1) is 26.2. The van der Waals surface area contributed by atoms with Crippen molar-refractivity contribution in [2.24, 2.45) is 9.98 Å². The van der Waals surface area contributed by atoms with Crippen molar-refractivity contribution in [1.82, 2.24) is 5.32 Å². The molecule has 2 heterocycles. The van der Waals surface area contributed by atoms with Crippen LogP contribution in [0, 0.1) is 0 Å². The third kappa shape index (κ3) is 5.77. The van der Waals surface area contributed by atoms with Crippen LogP contribution in [0.1, 0.15) is 22.9 Å². The Labute approximate surface area is 307 Å². The highest BCUT2D eigenvalue weighted by Gasteiger charge is 2.25. The average molecular weight is 680 g/mol. The molecule has 250 valence electrons. The summed E-state index contributed by atoms with van der Waals surface area (Å²) in [6.07, 6.45) is -0.367. The number of hydrogen-bond acceptors (Lipinski definition) is 4. The summed E-state index contributed by atoms with van der Waals surface area (Å²) in [6.45, 7) is 0.